The highest BCUT2D eigenvalue weighted by molar-refractivity contribution is 5.98. The number of carbonyl (C=O) groups is 3. The number of benzene rings is 4. The van der Waals surface area contributed by atoms with Gasteiger partial charge >= 0.3 is 0 Å². The van der Waals surface area contributed by atoms with Gasteiger partial charge in [0.15, 0.2) is 0 Å². The van der Waals surface area contributed by atoms with Crippen molar-refractivity contribution in [3.8, 4) is 11.1 Å². The Morgan fingerprint density at radius 2 is 1.44 bits per heavy atom. The topological polar surface area (TPSA) is 103 Å². The fraction of sp³-hybridized carbons (Fsp3) is 0.147. The molecule has 4 N–H and O–H groups in total. The Bertz CT molecular complexity index is 1640. The number of aromatic nitrogens is 1. The van der Waals surface area contributed by atoms with Crippen LogP contribution < -0.4 is 16.0 Å². The van der Waals surface area contributed by atoms with Crippen molar-refractivity contribution < 1.29 is 14.4 Å². The standard InChI is InChI=1S/C34H32N4O3/c1-23(39)37-32(21-28-22-36-31-10-6-5-9-30(28)31)34(41)38-29-17-15-26(16-18-29)25-11-13-27(14-12-25)33(40)35-20-19-24-7-3-2-4-8-24/h2-18,22,32,36H,19-21H2,1H3,(H,35,40)(H,37,39)(H,38,41). The maximum atomic E-state index is 13.1. The zero-order valence-electron chi connectivity index (χ0n) is 22.8. The molecule has 5 aromatic rings. The van der Waals surface area contributed by atoms with Crippen LogP contribution in [-0.4, -0.2) is 35.3 Å². The number of fused-ring (bicyclic) bond motifs is 1. The van der Waals surface area contributed by atoms with Crippen LogP contribution in [0.3, 0.4) is 0 Å². The lowest BCUT2D eigenvalue weighted by Crippen LogP contribution is -2.44. The first-order valence-electron chi connectivity index (χ1n) is 13.6. The number of aromatic amines is 1. The van der Waals surface area contributed by atoms with E-state index >= 15 is 0 Å². The number of hydrogen-bond donors (Lipinski definition) is 4. The maximum absolute atomic E-state index is 13.1. The van der Waals surface area contributed by atoms with Crippen molar-refractivity contribution in [2.24, 2.45) is 0 Å². The van der Waals surface area contributed by atoms with Crippen LogP contribution in [0.1, 0.15) is 28.4 Å². The molecule has 41 heavy (non-hydrogen) atoms. The van der Waals surface area contributed by atoms with Gasteiger partial charge in [0.05, 0.1) is 0 Å². The van der Waals surface area contributed by atoms with Crippen molar-refractivity contribution in [3.05, 3.63) is 126 Å². The summed E-state index contributed by atoms with van der Waals surface area (Å²) in [6, 6.07) is 32.1. The van der Waals surface area contributed by atoms with Crippen molar-refractivity contribution in [1.29, 1.82) is 0 Å². The van der Waals surface area contributed by atoms with E-state index in [9.17, 15) is 14.4 Å². The molecule has 0 bridgehead atoms. The van der Waals surface area contributed by atoms with Crippen molar-refractivity contribution in [2.75, 3.05) is 11.9 Å². The van der Waals surface area contributed by atoms with Crippen molar-refractivity contribution in [1.82, 2.24) is 15.6 Å². The van der Waals surface area contributed by atoms with Crippen LogP contribution in [0.25, 0.3) is 22.0 Å². The van der Waals surface area contributed by atoms with Crippen LogP contribution in [0.5, 0.6) is 0 Å². The second kappa shape index (κ2) is 12.8. The summed E-state index contributed by atoms with van der Waals surface area (Å²) in [7, 11) is 0. The second-order valence-corrected chi connectivity index (χ2v) is 9.95. The van der Waals surface area contributed by atoms with Gasteiger partial charge < -0.3 is 20.9 Å². The highest BCUT2D eigenvalue weighted by Gasteiger charge is 2.21. The summed E-state index contributed by atoms with van der Waals surface area (Å²) in [5, 5.41) is 9.70. The normalized spacial score (nSPS) is 11.5. The number of carbonyl (C=O) groups excluding carboxylic acids is 3. The van der Waals surface area contributed by atoms with Crippen LogP contribution in [0, 0.1) is 0 Å². The van der Waals surface area contributed by atoms with Crippen LogP contribution >= 0.6 is 0 Å². The zero-order valence-corrected chi connectivity index (χ0v) is 22.8. The number of H-pyrrole nitrogens is 1. The summed E-state index contributed by atoms with van der Waals surface area (Å²) in [4.78, 5) is 40.8. The first-order valence-corrected chi connectivity index (χ1v) is 13.6. The van der Waals surface area contributed by atoms with E-state index in [0.29, 0.717) is 24.2 Å². The second-order valence-electron chi connectivity index (χ2n) is 9.95. The van der Waals surface area contributed by atoms with Crippen molar-refractivity contribution in [2.45, 2.75) is 25.8 Å². The Balaban J connectivity index is 1.19. The summed E-state index contributed by atoms with van der Waals surface area (Å²) in [5.41, 5.74) is 6.26. The summed E-state index contributed by atoms with van der Waals surface area (Å²) in [6.45, 7) is 1.98. The molecule has 0 saturated carbocycles. The highest BCUT2D eigenvalue weighted by atomic mass is 16.2. The van der Waals surface area contributed by atoms with Gasteiger partial charge in [-0.25, -0.2) is 0 Å². The minimum atomic E-state index is -0.724. The first kappa shape index (κ1) is 27.4. The number of amides is 3. The lowest BCUT2D eigenvalue weighted by atomic mass is 10.0. The monoisotopic (exact) mass is 544 g/mol. The molecule has 4 aromatic carbocycles. The van der Waals surface area contributed by atoms with Gasteiger partial charge in [0.2, 0.25) is 11.8 Å². The highest BCUT2D eigenvalue weighted by Crippen LogP contribution is 2.23. The zero-order chi connectivity index (χ0) is 28.6. The number of hydrogen-bond acceptors (Lipinski definition) is 3. The maximum Gasteiger partial charge on any atom is 0.251 e. The lowest BCUT2D eigenvalue weighted by molar-refractivity contribution is -0.125. The summed E-state index contributed by atoms with van der Waals surface area (Å²) in [5.74, 6) is -0.665. The predicted molar refractivity (Wildman–Crippen MR) is 163 cm³/mol. The molecule has 0 spiro atoms. The molecule has 1 heterocycles. The van der Waals surface area contributed by atoms with E-state index in [1.165, 1.54) is 12.5 Å². The Labute approximate surface area is 239 Å². The molecular formula is C34H32N4O3. The molecule has 0 fully saturated rings. The molecule has 1 atom stereocenters. The van der Waals surface area contributed by atoms with E-state index in [1.54, 1.807) is 0 Å². The van der Waals surface area contributed by atoms with Gasteiger partial charge in [0.25, 0.3) is 5.91 Å². The van der Waals surface area contributed by atoms with Gasteiger partial charge in [-0.15, -0.1) is 0 Å². The molecule has 206 valence electrons. The predicted octanol–water partition coefficient (Wildman–Crippen LogP) is 5.49. The van der Waals surface area contributed by atoms with Gasteiger partial charge in [0.1, 0.15) is 6.04 Å². The average Bonchev–Trinajstić information content (AvgIpc) is 3.40. The Morgan fingerprint density at radius 1 is 0.780 bits per heavy atom. The smallest absolute Gasteiger partial charge is 0.251 e. The molecule has 1 aromatic heterocycles. The van der Waals surface area contributed by atoms with E-state index in [2.05, 4.69) is 20.9 Å². The molecule has 0 aliphatic heterocycles. The fourth-order valence-electron chi connectivity index (χ4n) is 4.83. The SMILES string of the molecule is CC(=O)NC(Cc1c[nH]c2ccccc12)C(=O)Nc1ccc(-c2ccc(C(=O)NCCc3ccccc3)cc2)cc1. The van der Waals surface area contributed by atoms with Gasteiger partial charge in [-0.05, 0) is 59.0 Å². The number of anilines is 1. The molecule has 3 amide bonds. The average molecular weight is 545 g/mol. The lowest BCUT2D eigenvalue weighted by Gasteiger charge is -2.18. The van der Waals surface area contributed by atoms with Gasteiger partial charge in [-0.1, -0.05) is 72.8 Å². The van der Waals surface area contributed by atoms with Crippen molar-refractivity contribution >= 4 is 34.3 Å². The third-order valence-electron chi connectivity index (χ3n) is 6.97. The van der Waals surface area contributed by atoms with Crippen LogP contribution in [0.15, 0.2) is 109 Å². The molecule has 1 unspecified atom stereocenters. The van der Waals surface area contributed by atoms with E-state index in [0.717, 1.165) is 34.0 Å². The Morgan fingerprint density at radius 3 is 2.15 bits per heavy atom. The third kappa shape index (κ3) is 7.08. The number of para-hydroxylation sites is 1. The largest absolute Gasteiger partial charge is 0.361 e. The molecule has 7 heteroatoms. The van der Waals surface area contributed by atoms with Crippen molar-refractivity contribution in [3.63, 3.8) is 0 Å². The van der Waals surface area contributed by atoms with Gasteiger partial charge in [-0.3, -0.25) is 14.4 Å². The third-order valence-corrected chi connectivity index (χ3v) is 6.97. The fourth-order valence-corrected chi connectivity index (χ4v) is 4.83. The minimum absolute atomic E-state index is 0.105. The molecule has 0 aliphatic rings. The van der Waals surface area contributed by atoms with E-state index in [4.69, 9.17) is 0 Å². The summed E-state index contributed by atoms with van der Waals surface area (Å²) in [6.07, 6.45) is 3.02. The number of nitrogens with one attached hydrogen (secondary N) is 4. The molecule has 7 nitrogen and oxygen atoms in total. The quantitative estimate of drug-likeness (QED) is 0.187. The Kier molecular flexibility index (Phi) is 8.55. The molecule has 0 aliphatic carbocycles. The van der Waals surface area contributed by atoms with Crippen LogP contribution in [0.2, 0.25) is 0 Å². The molecular weight excluding hydrogens is 512 g/mol. The Hall–Kier alpha value is -5.17. The van der Waals surface area contributed by atoms with E-state index in [-0.39, 0.29) is 17.7 Å². The van der Waals surface area contributed by atoms with Crippen LogP contribution in [-0.2, 0) is 22.4 Å². The molecule has 0 radical (unpaired) electrons. The molecule has 0 saturated heterocycles. The first-order chi connectivity index (χ1) is 20.0. The summed E-state index contributed by atoms with van der Waals surface area (Å²) >= 11 is 0. The number of rotatable bonds is 10. The minimum Gasteiger partial charge on any atom is -0.361 e. The van der Waals surface area contributed by atoms with Crippen LogP contribution in [0.4, 0.5) is 5.69 Å². The van der Waals surface area contributed by atoms with E-state index < -0.39 is 6.04 Å². The van der Waals surface area contributed by atoms with E-state index in [1.807, 2.05) is 109 Å². The van der Waals surface area contributed by atoms with Gasteiger partial charge in [-0.2, -0.15) is 0 Å². The van der Waals surface area contributed by atoms with Gasteiger partial charge in [0, 0.05) is 48.2 Å². The summed E-state index contributed by atoms with van der Waals surface area (Å²) < 4.78 is 0. The molecule has 5 rings (SSSR count).